The van der Waals surface area contributed by atoms with Gasteiger partial charge in [0.1, 0.15) is 0 Å². The fourth-order valence-electron chi connectivity index (χ4n) is 1.79. The van der Waals surface area contributed by atoms with Crippen molar-refractivity contribution in [3.63, 3.8) is 0 Å². The molecule has 0 fully saturated rings. The first-order chi connectivity index (χ1) is 8.31. The summed E-state index contributed by atoms with van der Waals surface area (Å²) in [4.78, 5) is 0. The van der Waals surface area contributed by atoms with Crippen molar-refractivity contribution in [2.75, 3.05) is 10.0 Å². The molecule has 6 heteroatoms. The lowest BCUT2D eigenvalue weighted by Gasteiger charge is -2.22. The van der Waals surface area contributed by atoms with Crippen molar-refractivity contribution in [3.05, 3.63) is 24.3 Å². The first kappa shape index (κ1) is 14.8. The van der Waals surface area contributed by atoms with E-state index in [1.54, 1.807) is 18.2 Å². The van der Waals surface area contributed by atoms with Gasteiger partial charge in [-0.15, -0.1) is 0 Å². The highest BCUT2D eigenvalue weighted by atomic mass is 32.2. The van der Waals surface area contributed by atoms with E-state index in [1.165, 1.54) is 0 Å². The highest BCUT2D eigenvalue weighted by Gasteiger charge is 2.11. The molecule has 0 aliphatic carbocycles. The molecule has 0 saturated carbocycles. The second kappa shape index (κ2) is 6.06. The summed E-state index contributed by atoms with van der Waals surface area (Å²) in [7, 11) is -3.72. The quantitative estimate of drug-likeness (QED) is 0.741. The largest absolute Gasteiger partial charge is 0.382 e. The number of hydrogen-bond donors (Lipinski definition) is 3. The standard InChI is InChI=1S/C12H21N3O2S/c1-4-12(9(2)3)14-10-6-5-7-11(8-10)15-18(13,16)17/h5-9,12,14-15H,4H2,1-3H3,(H2,13,16,17). The molecule has 0 spiro atoms. The lowest BCUT2D eigenvalue weighted by atomic mass is 10.0. The van der Waals surface area contributed by atoms with Crippen LogP contribution in [0.15, 0.2) is 24.3 Å². The number of nitrogens with one attached hydrogen (secondary N) is 2. The molecule has 18 heavy (non-hydrogen) atoms. The molecule has 0 aromatic heterocycles. The molecule has 0 bridgehead atoms. The van der Waals surface area contributed by atoms with Crippen molar-refractivity contribution < 1.29 is 8.42 Å². The lowest BCUT2D eigenvalue weighted by molar-refractivity contribution is 0.511. The molecule has 0 saturated heterocycles. The summed E-state index contributed by atoms with van der Waals surface area (Å²) in [5.41, 5.74) is 1.34. The Hall–Kier alpha value is -1.27. The highest BCUT2D eigenvalue weighted by Crippen LogP contribution is 2.19. The molecule has 0 heterocycles. The molecule has 1 rings (SSSR count). The van der Waals surface area contributed by atoms with Gasteiger partial charge in [0.2, 0.25) is 0 Å². The van der Waals surface area contributed by atoms with Crippen LogP contribution in [-0.4, -0.2) is 14.5 Å². The van der Waals surface area contributed by atoms with Crippen LogP contribution in [0.25, 0.3) is 0 Å². The number of hydrogen-bond acceptors (Lipinski definition) is 3. The summed E-state index contributed by atoms with van der Waals surface area (Å²) in [6, 6.07) is 7.43. The fourth-order valence-corrected chi connectivity index (χ4v) is 2.25. The first-order valence-electron chi connectivity index (χ1n) is 5.99. The molecule has 0 radical (unpaired) electrons. The van der Waals surface area contributed by atoms with Gasteiger partial charge in [-0.05, 0) is 30.5 Å². The third-order valence-electron chi connectivity index (χ3n) is 2.72. The van der Waals surface area contributed by atoms with Gasteiger partial charge in [-0.25, -0.2) is 5.14 Å². The Kier molecular flexibility index (Phi) is 4.98. The Morgan fingerprint density at radius 1 is 1.28 bits per heavy atom. The molecule has 102 valence electrons. The molecule has 1 aromatic rings. The van der Waals surface area contributed by atoms with E-state index in [0.717, 1.165) is 12.1 Å². The van der Waals surface area contributed by atoms with Crippen LogP contribution >= 0.6 is 0 Å². The van der Waals surface area contributed by atoms with Crippen LogP contribution in [0.1, 0.15) is 27.2 Å². The topological polar surface area (TPSA) is 84.2 Å². The van der Waals surface area contributed by atoms with E-state index in [4.69, 9.17) is 5.14 Å². The van der Waals surface area contributed by atoms with Crippen LogP contribution in [0.2, 0.25) is 0 Å². The van der Waals surface area contributed by atoms with E-state index in [2.05, 4.69) is 30.8 Å². The van der Waals surface area contributed by atoms with E-state index < -0.39 is 10.2 Å². The van der Waals surface area contributed by atoms with Crippen LogP contribution in [0.5, 0.6) is 0 Å². The van der Waals surface area contributed by atoms with Crippen LogP contribution < -0.4 is 15.2 Å². The second-order valence-corrected chi connectivity index (χ2v) is 5.93. The van der Waals surface area contributed by atoms with Gasteiger partial charge in [-0.3, -0.25) is 4.72 Å². The van der Waals surface area contributed by atoms with Gasteiger partial charge in [0.15, 0.2) is 0 Å². The molecule has 1 unspecified atom stereocenters. The van der Waals surface area contributed by atoms with Crippen LogP contribution in [-0.2, 0) is 10.2 Å². The van der Waals surface area contributed by atoms with E-state index in [1.807, 2.05) is 6.07 Å². The molecule has 0 aliphatic rings. The number of nitrogens with two attached hydrogens (primary N) is 1. The maximum Gasteiger partial charge on any atom is 0.296 e. The lowest BCUT2D eigenvalue weighted by Crippen LogP contribution is -2.25. The summed E-state index contributed by atoms with van der Waals surface area (Å²) in [6.07, 6.45) is 1.00. The van der Waals surface area contributed by atoms with Gasteiger partial charge in [-0.1, -0.05) is 26.8 Å². The minimum Gasteiger partial charge on any atom is -0.382 e. The van der Waals surface area contributed by atoms with Gasteiger partial charge >= 0.3 is 0 Å². The highest BCUT2D eigenvalue weighted by molar-refractivity contribution is 7.90. The number of rotatable bonds is 6. The molecule has 5 nitrogen and oxygen atoms in total. The maximum absolute atomic E-state index is 10.9. The molecule has 1 atom stereocenters. The minimum atomic E-state index is -3.72. The Balaban J connectivity index is 2.82. The first-order valence-corrected chi connectivity index (χ1v) is 7.53. The van der Waals surface area contributed by atoms with Crippen molar-refractivity contribution in [1.29, 1.82) is 0 Å². The van der Waals surface area contributed by atoms with E-state index in [0.29, 0.717) is 17.6 Å². The van der Waals surface area contributed by atoms with Crippen molar-refractivity contribution >= 4 is 21.6 Å². The van der Waals surface area contributed by atoms with Crippen LogP contribution in [0, 0.1) is 5.92 Å². The molecule has 1 aromatic carbocycles. The molecule has 0 aliphatic heterocycles. The average molecular weight is 271 g/mol. The zero-order chi connectivity index (χ0) is 13.8. The predicted molar refractivity (Wildman–Crippen MR) is 75.7 cm³/mol. The normalized spacial score (nSPS) is 13.4. The smallest absolute Gasteiger partial charge is 0.296 e. The summed E-state index contributed by atoms with van der Waals surface area (Å²) in [6.45, 7) is 6.41. The monoisotopic (exact) mass is 271 g/mol. The molecule has 4 N–H and O–H groups in total. The Morgan fingerprint density at radius 2 is 1.89 bits per heavy atom. The zero-order valence-corrected chi connectivity index (χ0v) is 11.8. The van der Waals surface area contributed by atoms with Gasteiger partial charge in [-0.2, -0.15) is 8.42 Å². The van der Waals surface area contributed by atoms with Crippen LogP contribution in [0.4, 0.5) is 11.4 Å². The van der Waals surface area contributed by atoms with Crippen LogP contribution in [0.3, 0.4) is 0 Å². The van der Waals surface area contributed by atoms with Crippen molar-refractivity contribution in [3.8, 4) is 0 Å². The van der Waals surface area contributed by atoms with E-state index >= 15 is 0 Å². The molecule has 0 amide bonds. The van der Waals surface area contributed by atoms with Gasteiger partial charge in [0.25, 0.3) is 10.2 Å². The number of benzene rings is 1. The maximum atomic E-state index is 10.9. The molecular formula is C12H21N3O2S. The van der Waals surface area contributed by atoms with Crippen molar-refractivity contribution in [2.24, 2.45) is 11.1 Å². The summed E-state index contributed by atoms with van der Waals surface area (Å²) in [5, 5.41) is 8.31. The summed E-state index contributed by atoms with van der Waals surface area (Å²) in [5.74, 6) is 0.504. The Morgan fingerprint density at radius 3 is 2.39 bits per heavy atom. The number of anilines is 2. The summed E-state index contributed by atoms with van der Waals surface area (Å²) >= 11 is 0. The summed E-state index contributed by atoms with van der Waals surface area (Å²) < 4.78 is 24.1. The van der Waals surface area contributed by atoms with E-state index in [-0.39, 0.29) is 0 Å². The third-order valence-corrected chi connectivity index (χ3v) is 3.24. The molecular weight excluding hydrogens is 250 g/mol. The van der Waals surface area contributed by atoms with Gasteiger partial charge < -0.3 is 5.32 Å². The van der Waals surface area contributed by atoms with Gasteiger partial charge in [0, 0.05) is 11.7 Å². The SMILES string of the molecule is CCC(Nc1cccc(NS(N)(=O)=O)c1)C(C)C. The van der Waals surface area contributed by atoms with Gasteiger partial charge in [0.05, 0.1) is 5.69 Å². The zero-order valence-electron chi connectivity index (χ0n) is 11.0. The third kappa shape index (κ3) is 4.93. The Labute approximate surface area is 109 Å². The van der Waals surface area contributed by atoms with Crippen molar-refractivity contribution in [2.45, 2.75) is 33.2 Å². The van der Waals surface area contributed by atoms with Crippen molar-refractivity contribution in [1.82, 2.24) is 0 Å². The van der Waals surface area contributed by atoms with E-state index in [9.17, 15) is 8.42 Å². The fraction of sp³-hybridized carbons (Fsp3) is 0.500. The Bertz CT molecular complexity index is 486. The predicted octanol–water partition coefficient (Wildman–Crippen LogP) is 2.15. The minimum absolute atomic E-state index is 0.356. The second-order valence-electron chi connectivity index (χ2n) is 4.63. The average Bonchev–Trinajstić information content (AvgIpc) is 2.23.